The van der Waals surface area contributed by atoms with Crippen LogP contribution in [0.5, 0.6) is 11.8 Å². The van der Waals surface area contributed by atoms with Crippen molar-refractivity contribution in [2.45, 2.75) is 51.3 Å². The SMILES string of the molecule is CC(C)(C)OC(=O)N1C2CCC1CN(c1nc(OCCN)nc3c(F)c(-c4cc(O)cc5ccccc45)ncc13)C2. The summed E-state index contributed by atoms with van der Waals surface area (Å²) in [6.45, 7) is 6.97. The molecule has 0 saturated carbocycles. The monoisotopic (exact) mass is 560 g/mol. The number of hydrogen-bond acceptors (Lipinski definition) is 9. The molecule has 2 saturated heterocycles. The number of amides is 1. The Labute approximate surface area is 236 Å². The van der Waals surface area contributed by atoms with Gasteiger partial charge in [-0.15, -0.1) is 0 Å². The van der Waals surface area contributed by atoms with Crippen LogP contribution in [0.3, 0.4) is 0 Å². The topological polar surface area (TPSA) is 127 Å². The van der Waals surface area contributed by atoms with E-state index in [9.17, 15) is 9.90 Å². The minimum absolute atomic E-state index is 0.00803. The number of nitrogens with zero attached hydrogens (tertiary/aromatic N) is 5. The third-order valence-corrected chi connectivity index (χ3v) is 7.48. The first-order valence-corrected chi connectivity index (χ1v) is 13.8. The van der Waals surface area contributed by atoms with Crippen LogP contribution < -0.4 is 15.4 Å². The summed E-state index contributed by atoms with van der Waals surface area (Å²) in [6.07, 6.45) is 2.92. The lowest BCUT2D eigenvalue weighted by atomic mass is 10.00. The first-order chi connectivity index (χ1) is 19.6. The molecule has 1 amide bonds. The summed E-state index contributed by atoms with van der Waals surface area (Å²) in [5, 5.41) is 12.3. The Hall–Kier alpha value is -4.25. The maximum Gasteiger partial charge on any atom is 0.410 e. The van der Waals surface area contributed by atoms with Crippen molar-refractivity contribution in [3.8, 4) is 23.0 Å². The molecule has 3 N–H and O–H groups in total. The molecule has 2 aliphatic rings. The molecule has 4 aromatic rings. The Bertz CT molecular complexity index is 1630. The number of fused-ring (bicyclic) bond motifs is 4. The van der Waals surface area contributed by atoms with Crippen LogP contribution in [0.15, 0.2) is 42.6 Å². The van der Waals surface area contributed by atoms with Gasteiger partial charge in [0.15, 0.2) is 5.82 Å². The van der Waals surface area contributed by atoms with Gasteiger partial charge < -0.3 is 25.2 Å². The molecule has 0 spiro atoms. The van der Waals surface area contributed by atoms with Crippen LogP contribution in [0, 0.1) is 5.82 Å². The molecule has 2 atom stereocenters. The molecule has 4 heterocycles. The second-order valence-corrected chi connectivity index (χ2v) is 11.5. The van der Waals surface area contributed by atoms with Crippen LogP contribution in [0.4, 0.5) is 15.0 Å². The van der Waals surface area contributed by atoms with Gasteiger partial charge in [0.1, 0.15) is 35.0 Å². The third kappa shape index (κ3) is 5.06. The number of rotatable bonds is 5. The van der Waals surface area contributed by atoms with E-state index in [1.54, 1.807) is 12.3 Å². The Morgan fingerprint density at radius 3 is 2.56 bits per heavy atom. The van der Waals surface area contributed by atoms with Gasteiger partial charge in [0.25, 0.3) is 0 Å². The fraction of sp³-hybridized carbons (Fsp3) is 0.400. The molecule has 0 radical (unpaired) electrons. The summed E-state index contributed by atoms with van der Waals surface area (Å²) in [4.78, 5) is 30.5. The van der Waals surface area contributed by atoms with Crippen molar-refractivity contribution in [3.05, 3.63) is 48.4 Å². The number of hydrogen-bond donors (Lipinski definition) is 2. The van der Waals surface area contributed by atoms with Gasteiger partial charge in [-0.3, -0.25) is 9.88 Å². The zero-order valence-corrected chi connectivity index (χ0v) is 23.3. The molecule has 2 fully saturated rings. The van der Waals surface area contributed by atoms with E-state index < -0.39 is 11.4 Å². The highest BCUT2D eigenvalue weighted by Gasteiger charge is 2.45. The third-order valence-electron chi connectivity index (χ3n) is 7.48. The molecule has 6 rings (SSSR count). The predicted molar refractivity (Wildman–Crippen MR) is 154 cm³/mol. The predicted octanol–water partition coefficient (Wildman–Crippen LogP) is 4.62. The van der Waals surface area contributed by atoms with Crippen molar-refractivity contribution in [1.82, 2.24) is 19.9 Å². The number of piperazine rings is 1. The van der Waals surface area contributed by atoms with Gasteiger partial charge in [-0.25, -0.2) is 9.18 Å². The molecule has 2 bridgehead atoms. The van der Waals surface area contributed by atoms with Crippen molar-refractivity contribution >= 4 is 33.6 Å². The van der Waals surface area contributed by atoms with Gasteiger partial charge in [0.05, 0.1) is 17.5 Å². The van der Waals surface area contributed by atoms with Crippen LogP contribution in [0.25, 0.3) is 32.9 Å². The van der Waals surface area contributed by atoms with Gasteiger partial charge in [-0.05, 0) is 56.5 Å². The quantitative estimate of drug-likeness (QED) is 0.360. The van der Waals surface area contributed by atoms with Gasteiger partial charge >= 0.3 is 12.1 Å². The molecule has 2 aromatic carbocycles. The van der Waals surface area contributed by atoms with Crippen molar-refractivity contribution in [2.24, 2.45) is 5.73 Å². The minimum Gasteiger partial charge on any atom is -0.508 e. The number of anilines is 1. The Morgan fingerprint density at radius 2 is 1.85 bits per heavy atom. The molecule has 214 valence electrons. The molecule has 2 unspecified atom stereocenters. The number of carbonyl (C=O) groups excluding carboxylic acids is 1. The zero-order chi connectivity index (χ0) is 28.9. The first kappa shape index (κ1) is 26.9. The first-order valence-electron chi connectivity index (χ1n) is 13.8. The van der Waals surface area contributed by atoms with Crippen molar-refractivity contribution in [2.75, 3.05) is 31.1 Å². The maximum absolute atomic E-state index is 16.4. The fourth-order valence-electron chi connectivity index (χ4n) is 5.84. The fourth-order valence-corrected chi connectivity index (χ4v) is 5.84. The Morgan fingerprint density at radius 1 is 1.12 bits per heavy atom. The molecular formula is C30H33FN6O4. The number of aromatic hydroxyl groups is 1. The number of phenols is 1. The largest absolute Gasteiger partial charge is 0.508 e. The standard InChI is InChI=1S/C30H33FN6O4/c1-30(2,3)41-29(39)37-18-8-9-19(37)16-36(15-18)27-23-14-33-25(24(31)26(23)34-28(35-27)40-11-10-32)22-13-20(38)12-17-6-4-5-7-21(17)22/h4-7,12-14,18-19,38H,8-11,15-16,32H2,1-3H3. The van der Waals surface area contributed by atoms with E-state index in [2.05, 4.69) is 15.0 Å². The maximum atomic E-state index is 16.4. The van der Waals surface area contributed by atoms with Crippen LogP contribution in [0.1, 0.15) is 33.6 Å². The highest BCUT2D eigenvalue weighted by molar-refractivity contribution is 6.00. The molecule has 0 aliphatic carbocycles. The summed E-state index contributed by atoms with van der Waals surface area (Å²) in [5.41, 5.74) is 5.63. The lowest BCUT2D eigenvalue weighted by Crippen LogP contribution is -2.57. The summed E-state index contributed by atoms with van der Waals surface area (Å²) in [5.74, 6) is -0.148. The number of aromatic nitrogens is 3. The smallest absolute Gasteiger partial charge is 0.410 e. The number of carbonyl (C=O) groups is 1. The Kier molecular flexibility index (Phi) is 6.77. The van der Waals surface area contributed by atoms with Crippen LogP contribution >= 0.6 is 0 Å². The van der Waals surface area contributed by atoms with E-state index >= 15 is 4.39 Å². The average molecular weight is 561 g/mol. The lowest BCUT2D eigenvalue weighted by molar-refractivity contribution is 0.0123. The van der Waals surface area contributed by atoms with Crippen LogP contribution in [-0.2, 0) is 4.74 Å². The normalized spacial score (nSPS) is 18.8. The van der Waals surface area contributed by atoms with E-state index in [1.165, 1.54) is 6.07 Å². The summed E-state index contributed by atoms with van der Waals surface area (Å²) in [6, 6.07) is 10.4. The number of benzene rings is 2. The number of nitrogens with two attached hydrogens (primary N) is 1. The van der Waals surface area contributed by atoms with E-state index in [1.807, 2.05) is 54.8 Å². The van der Waals surface area contributed by atoms with E-state index in [0.717, 1.165) is 23.6 Å². The summed E-state index contributed by atoms with van der Waals surface area (Å²) >= 11 is 0. The van der Waals surface area contributed by atoms with E-state index in [4.69, 9.17) is 15.2 Å². The van der Waals surface area contributed by atoms with Crippen molar-refractivity contribution in [3.63, 3.8) is 0 Å². The highest BCUT2D eigenvalue weighted by atomic mass is 19.1. The number of halogens is 1. The molecule has 10 nitrogen and oxygen atoms in total. The van der Waals surface area contributed by atoms with Crippen LogP contribution in [-0.4, -0.2) is 75.0 Å². The summed E-state index contributed by atoms with van der Waals surface area (Å²) < 4.78 is 27.7. The van der Waals surface area contributed by atoms with Gasteiger partial charge in [-0.1, -0.05) is 24.3 Å². The summed E-state index contributed by atoms with van der Waals surface area (Å²) in [7, 11) is 0. The Balaban J connectivity index is 1.42. The van der Waals surface area contributed by atoms with Crippen LogP contribution in [0.2, 0.25) is 0 Å². The van der Waals surface area contributed by atoms with E-state index in [-0.39, 0.29) is 54.3 Å². The van der Waals surface area contributed by atoms with Gasteiger partial charge in [-0.2, -0.15) is 9.97 Å². The second-order valence-electron chi connectivity index (χ2n) is 11.5. The molecule has 2 aromatic heterocycles. The van der Waals surface area contributed by atoms with E-state index in [0.29, 0.717) is 29.9 Å². The molecular weight excluding hydrogens is 527 g/mol. The highest BCUT2D eigenvalue weighted by Crippen LogP contribution is 2.39. The van der Waals surface area contributed by atoms with Gasteiger partial charge in [0.2, 0.25) is 0 Å². The number of ether oxygens (including phenoxy) is 2. The number of pyridine rings is 1. The molecule has 11 heteroatoms. The minimum atomic E-state index is -0.644. The molecule has 41 heavy (non-hydrogen) atoms. The van der Waals surface area contributed by atoms with Gasteiger partial charge in [0, 0.05) is 31.4 Å². The number of phenolic OH excluding ortho intramolecular Hbond substituents is 1. The lowest BCUT2D eigenvalue weighted by Gasteiger charge is -2.42. The molecule has 2 aliphatic heterocycles. The second kappa shape index (κ2) is 10.3. The zero-order valence-electron chi connectivity index (χ0n) is 23.3. The van der Waals surface area contributed by atoms with Crippen molar-refractivity contribution < 1.29 is 23.8 Å². The van der Waals surface area contributed by atoms with Crippen molar-refractivity contribution in [1.29, 1.82) is 0 Å². The average Bonchev–Trinajstić information content (AvgIpc) is 3.20.